The Kier molecular flexibility index (Phi) is 9.05. The summed E-state index contributed by atoms with van der Waals surface area (Å²) in [6, 6.07) is 4.08. The largest absolute Gasteiger partial charge is 0.271 e. The molecule has 19 heavy (non-hydrogen) atoms. The number of hydrazine groups is 1. The predicted molar refractivity (Wildman–Crippen MR) is 84.6 cm³/mol. The maximum atomic E-state index is 5.64. The number of rotatable bonds is 10. The zero-order chi connectivity index (χ0) is 13.9. The van der Waals surface area contributed by atoms with Gasteiger partial charge in [-0.2, -0.15) is 0 Å². The summed E-state index contributed by atoms with van der Waals surface area (Å²) in [6.45, 7) is 2.25. The molecule has 0 aliphatic carbocycles. The molecule has 0 radical (unpaired) electrons. The number of hydrogen-bond acceptors (Lipinski definition) is 3. The maximum absolute atomic E-state index is 5.64. The van der Waals surface area contributed by atoms with Crippen LogP contribution in [0, 0.1) is 0 Å². The second kappa shape index (κ2) is 10.4. The molecule has 1 unspecified atom stereocenters. The van der Waals surface area contributed by atoms with E-state index in [2.05, 4.69) is 33.3 Å². The molecule has 0 aliphatic rings. The highest BCUT2D eigenvalue weighted by Gasteiger charge is 2.13. The number of aromatic nitrogens is 1. The first-order valence-electron chi connectivity index (χ1n) is 7.36. The van der Waals surface area contributed by atoms with Crippen LogP contribution in [-0.4, -0.2) is 4.98 Å². The van der Waals surface area contributed by atoms with Crippen molar-refractivity contribution in [2.75, 3.05) is 0 Å². The molecule has 3 N–H and O–H groups in total. The van der Waals surface area contributed by atoms with Crippen molar-refractivity contribution in [2.45, 2.75) is 64.3 Å². The van der Waals surface area contributed by atoms with Crippen molar-refractivity contribution in [3.8, 4) is 0 Å². The van der Waals surface area contributed by atoms with Crippen LogP contribution >= 0.6 is 15.9 Å². The number of nitrogens with zero attached hydrogens (tertiary/aromatic N) is 1. The van der Waals surface area contributed by atoms with Gasteiger partial charge in [0.15, 0.2) is 0 Å². The first-order chi connectivity index (χ1) is 9.29. The van der Waals surface area contributed by atoms with Gasteiger partial charge in [-0.15, -0.1) is 0 Å². The molecule has 0 aromatic carbocycles. The summed E-state index contributed by atoms with van der Waals surface area (Å²) in [4.78, 5) is 4.40. The van der Waals surface area contributed by atoms with E-state index in [1.165, 1.54) is 44.9 Å². The summed E-state index contributed by atoms with van der Waals surface area (Å²) in [5.41, 5.74) is 3.89. The smallest absolute Gasteiger partial charge is 0.0728 e. The fourth-order valence-electron chi connectivity index (χ4n) is 2.26. The lowest BCUT2D eigenvalue weighted by atomic mass is 10.0. The summed E-state index contributed by atoms with van der Waals surface area (Å²) in [6.07, 6.45) is 12.1. The SMILES string of the molecule is CCCCCCCCCC(NN)c1ncccc1Br. The van der Waals surface area contributed by atoms with Crippen LogP contribution in [0.25, 0.3) is 0 Å². The Labute approximate surface area is 125 Å². The Hall–Kier alpha value is -0.450. The molecule has 0 spiro atoms. The second-order valence-corrected chi connectivity index (χ2v) is 5.85. The van der Waals surface area contributed by atoms with Crippen LogP contribution in [0.1, 0.15) is 70.0 Å². The number of hydrogen-bond donors (Lipinski definition) is 2. The van der Waals surface area contributed by atoms with Gasteiger partial charge in [-0.05, 0) is 34.5 Å². The lowest BCUT2D eigenvalue weighted by Crippen LogP contribution is -2.28. The van der Waals surface area contributed by atoms with Crippen LogP contribution < -0.4 is 11.3 Å². The number of halogens is 1. The van der Waals surface area contributed by atoms with E-state index in [4.69, 9.17) is 5.84 Å². The number of nitrogens with two attached hydrogens (primary N) is 1. The lowest BCUT2D eigenvalue weighted by Gasteiger charge is -2.16. The van der Waals surface area contributed by atoms with Gasteiger partial charge in [0.05, 0.1) is 11.7 Å². The average Bonchev–Trinajstić information content (AvgIpc) is 2.43. The molecular formula is C15H26BrN3. The van der Waals surface area contributed by atoms with Crippen molar-refractivity contribution in [3.05, 3.63) is 28.5 Å². The number of unbranched alkanes of at least 4 members (excludes halogenated alkanes) is 6. The Bertz CT molecular complexity index is 344. The monoisotopic (exact) mass is 327 g/mol. The molecule has 1 aromatic heterocycles. The first kappa shape index (κ1) is 16.6. The predicted octanol–water partition coefficient (Wildman–Crippen LogP) is 4.49. The molecular weight excluding hydrogens is 302 g/mol. The average molecular weight is 328 g/mol. The molecule has 0 bridgehead atoms. The van der Waals surface area contributed by atoms with E-state index in [0.29, 0.717) is 0 Å². The lowest BCUT2D eigenvalue weighted by molar-refractivity contribution is 0.466. The third kappa shape index (κ3) is 6.50. The van der Waals surface area contributed by atoms with E-state index in [1.54, 1.807) is 0 Å². The standard InChI is InChI=1S/C15H26BrN3/c1-2-3-4-5-6-7-8-11-14(19-17)15-13(16)10-9-12-18-15/h9-10,12,14,19H,2-8,11,17H2,1H3. The third-order valence-corrected chi connectivity index (χ3v) is 4.09. The van der Waals surface area contributed by atoms with Gasteiger partial charge >= 0.3 is 0 Å². The first-order valence-corrected chi connectivity index (χ1v) is 8.15. The highest BCUT2D eigenvalue weighted by molar-refractivity contribution is 9.10. The van der Waals surface area contributed by atoms with Gasteiger partial charge in [-0.3, -0.25) is 16.3 Å². The van der Waals surface area contributed by atoms with Crippen molar-refractivity contribution in [1.82, 2.24) is 10.4 Å². The Balaban J connectivity index is 2.24. The second-order valence-electron chi connectivity index (χ2n) is 5.00. The molecule has 0 aliphatic heterocycles. The number of pyridine rings is 1. The van der Waals surface area contributed by atoms with E-state index in [0.717, 1.165) is 16.6 Å². The van der Waals surface area contributed by atoms with Gasteiger partial charge in [0.2, 0.25) is 0 Å². The van der Waals surface area contributed by atoms with Gasteiger partial charge in [0.25, 0.3) is 0 Å². The minimum atomic E-state index is 0.145. The van der Waals surface area contributed by atoms with Crippen LogP contribution in [0.3, 0.4) is 0 Å². The van der Waals surface area contributed by atoms with Crippen LogP contribution in [-0.2, 0) is 0 Å². The van der Waals surface area contributed by atoms with E-state index >= 15 is 0 Å². The molecule has 0 saturated heterocycles. The van der Waals surface area contributed by atoms with Gasteiger partial charge < -0.3 is 0 Å². The highest BCUT2D eigenvalue weighted by Crippen LogP contribution is 2.24. The van der Waals surface area contributed by atoms with Crippen molar-refractivity contribution in [1.29, 1.82) is 0 Å². The minimum Gasteiger partial charge on any atom is -0.271 e. The molecule has 108 valence electrons. The van der Waals surface area contributed by atoms with Crippen LogP contribution in [0.2, 0.25) is 0 Å². The topological polar surface area (TPSA) is 50.9 Å². The molecule has 0 saturated carbocycles. The quantitative estimate of drug-likeness (QED) is 0.378. The Morgan fingerprint density at radius 2 is 1.89 bits per heavy atom. The molecule has 1 rings (SSSR count). The molecule has 3 nitrogen and oxygen atoms in total. The molecule has 1 aromatic rings. The van der Waals surface area contributed by atoms with Crippen molar-refractivity contribution in [3.63, 3.8) is 0 Å². The molecule has 0 amide bonds. The van der Waals surface area contributed by atoms with E-state index in [9.17, 15) is 0 Å². The van der Waals surface area contributed by atoms with Crippen LogP contribution in [0.4, 0.5) is 0 Å². The summed E-state index contributed by atoms with van der Waals surface area (Å²) < 4.78 is 1.03. The van der Waals surface area contributed by atoms with E-state index in [1.807, 2.05) is 18.3 Å². The fraction of sp³-hybridized carbons (Fsp3) is 0.667. The van der Waals surface area contributed by atoms with Crippen LogP contribution in [0.5, 0.6) is 0 Å². The van der Waals surface area contributed by atoms with Gasteiger partial charge in [-0.1, -0.05) is 51.9 Å². The summed E-state index contributed by atoms with van der Waals surface area (Å²) in [7, 11) is 0. The fourth-order valence-corrected chi connectivity index (χ4v) is 2.79. The van der Waals surface area contributed by atoms with E-state index < -0.39 is 0 Å². The zero-order valence-corrected chi connectivity index (χ0v) is 13.5. The van der Waals surface area contributed by atoms with Crippen molar-refractivity contribution < 1.29 is 0 Å². The highest BCUT2D eigenvalue weighted by atomic mass is 79.9. The summed E-state index contributed by atoms with van der Waals surface area (Å²) >= 11 is 3.53. The van der Waals surface area contributed by atoms with Crippen molar-refractivity contribution >= 4 is 15.9 Å². The van der Waals surface area contributed by atoms with Gasteiger partial charge in [0.1, 0.15) is 0 Å². The van der Waals surface area contributed by atoms with Gasteiger partial charge in [-0.25, -0.2) is 0 Å². The molecule has 1 heterocycles. The zero-order valence-electron chi connectivity index (χ0n) is 11.9. The third-order valence-electron chi connectivity index (χ3n) is 3.41. The summed E-state index contributed by atoms with van der Waals surface area (Å²) in [5.74, 6) is 5.64. The van der Waals surface area contributed by atoms with Gasteiger partial charge in [0, 0.05) is 10.7 Å². The van der Waals surface area contributed by atoms with Crippen molar-refractivity contribution in [2.24, 2.45) is 5.84 Å². The Morgan fingerprint density at radius 1 is 1.21 bits per heavy atom. The maximum Gasteiger partial charge on any atom is 0.0728 e. The minimum absolute atomic E-state index is 0.145. The summed E-state index contributed by atoms with van der Waals surface area (Å²) in [5, 5.41) is 0. The van der Waals surface area contributed by atoms with E-state index in [-0.39, 0.29) is 6.04 Å². The normalized spacial score (nSPS) is 12.6. The molecule has 1 atom stereocenters. The number of nitrogens with one attached hydrogen (secondary N) is 1. The van der Waals surface area contributed by atoms with Crippen LogP contribution in [0.15, 0.2) is 22.8 Å². The molecule has 4 heteroatoms. The Morgan fingerprint density at radius 3 is 2.53 bits per heavy atom. The molecule has 0 fully saturated rings.